The Labute approximate surface area is 72.3 Å². The van der Waals surface area contributed by atoms with E-state index in [0.717, 1.165) is 0 Å². The molecule has 4 heteroatoms. The topological polar surface area (TPSA) is 55.4 Å². The van der Waals surface area contributed by atoms with Crippen LogP contribution in [0.2, 0.25) is 0 Å². The number of hydrogen-bond donors (Lipinski definition) is 1. The molecule has 1 unspecified atom stereocenters. The monoisotopic (exact) mass is 172 g/mol. The quantitative estimate of drug-likeness (QED) is 0.489. The number of hydrogen-bond acceptors (Lipinski definition) is 3. The molecule has 0 bridgehead atoms. The van der Waals surface area contributed by atoms with Crippen LogP contribution in [0, 0.1) is 5.41 Å². The van der Waals surface area contributed by atoms with Crippen molar-refractivity contribution in [2.24, 2.45) is 5.41 Å². The molecule has 4 nitrogen and oxygen atoms in total. The fourth-order valence-electron chi connectivity index (χ4n) is 0.806. The molecule has 1 radical (unpaired) electrons. The average Bonchev–Trinajstić information content (AvgIpc) is 1.96. The molecule has 0 saturated heterocycles. The first-order valence-corrected chi connectivity index (χ1v) is 3.64. The third-order valence-electron chi connectivity index (χ3n) is 1.51. The predicted molar refractivity (Wildman–Crippen MR) is 44.1 cm³/mol. The van der Waals surface area contributed by atoms with Gasteiger partial charge in [0.15, 0.2) is 0 Å². The van der Waals surface area contributed by atoms with E-state index in [2.05, 4.69) is 10.1 Å². The van der Waals surface area contributed by atoms with Crippen molar-refractivity contribution >= 4 is 12.4 Å². The van der Waals surface area contributed by atoms with E-state index < -0.39 is 12.0 Å². The zero-order valence-corrected chi connectivity index (χ0v) is 7.80. The summed E-state index contributed by atoms with van der Waals surface area (Å²) in [6.07, 6.45) is 1.49. The largest absolute Gasteiger partial charge is 0.467 e. The van der Waals surface area contributed by atoms with Crippen LogP contribution in [0.15, 0.2) is 0 Å². The summed E-state index contributed by atoms with van der Waals surface area (Å²) in [5.41, 5.74) is -0.357. The Morgan fingerprint density at radius 3 is 2.25 bits per heavy atom. The summed E-state index contributed by atoms with van der Waals surface area (Å²) < 4.78 is 4.51. The predicted octanol–water partition coefficient (Wildman–Crippen LogP) is 0.231. The summed E-state index contributed by atoms with van der Waals surface area (Å²) in [4.78, 5) is 21.1. The molecule has 0 aliphatic rings. The van der Waals surface area contributed by atoms with Crippen molar-refractivity contribution in [3.05, 3.63) is 0 Å². The third-order valence-corrected chi connectivity index (χ3v) is 1.51. The molecule has 0 heterocycles. The molecule has 0 saturated carbocycles. The maximum atomic E-state index is 11.1. The number of amides is 1. The average molecular weight is 172 g/mol. The second-order valence-electron chi connectivity index (χ2n) is 3.57. The minimum Gasteiger partial charge on any atom is -0.467 e. The van der Waals surface area contributed by atoms with E-state index in [1.165, 1.54) is 13.5 Å². The molecule has 0 aromatic rings. The number of methoxy groups -OCH3 is 1. The van der Waals surface area contributed by atoms with Crippen LogP contribution in [0.5, 0.6) is 0 Å². The standard InChI is InChI=1S/C8H14NO3/c1-8(2,3)6(9-5-10)7(11)12-4/h6H,1-4H3,(H,9,10). The molecule has 12 heavy (non-hydrogen) atoms. The molecule has 0 aliphatic carbocycles. The summed E-state index contributed by atoms with van der Waals surface area (Å²) in [5, 5.41) is 2.29. The highest BCUT2D eigenvalue weighted by atomic mass is 16.5. The lowest BCUT2D eigenvalue weighted by Gasteiger charge is -2.26. The Balaban J connectivity index is 4.43. The second kappa shape index (κ2) is 4.09. The maximum absolute atomic E-state index is 11.1. The van der Waals surface area contributed by atoms with Crippen LogP contribution in [-0.4, -0.2) is 25.5 Å². The van der Waals surface area contributed by atoms with Crippen LogP contribution < -0.4 is 5.32 Å². The molecule has 0 rings (SSSR count). The SMILES string of the molecule is COC(=O)C(N[C]=O)C(C)(C)C. The van der Waals surface area contributed by atoms with Gasteiger partial charge in [0.25, 0.3) is 0 Å². The van der Waals surface area contributed by atoms with Crippen molar-refractivity contribution in [1.29, 1.82) is 0 Å². The molecule has 1 N–H and O–H groups in total. The fraction of sp³-hybridized carbons (Fsp3) is 0.750. The van der Waals surface area contributed by atoms with Crippen molar-refractivity contribution < 1.29 is 14.3 Å². The van der Waals surface area contributed by atoms with Crippen LogP contribution in [0.1, 0.15) is 20.8 Å². The Kier molecular flexibility index (Phi) is 3.73. The van der Waals surface area contributed by atoms with Crippen molar-refractivity contribution in [2.75, 3.05) is 7.11 Å². The Bertz CT molecular complexity index is 172. The lowest BCUT2D eigenvalue weighted by molar-refractivity contribution is -0.145. The summed E-state index contributed by atoms with van der Waals surface area (Å²) in [7, 11) is 1.29. The molecule has 0 aromatic carbocycles. The zero-order valence-electron chi connectivity index (χ0n) is 7.80. The Morgan fingerprint density at radius 2 is 2.00 bits per heavy atom. The number of ether oxygens (including phenoxy) is 1. The van der Waals surface area contributed by atoms with Gasteiger partial charge in [-0.1, -0.05) is 20.8 Å². The maximum Gasteiger partial charge on any atom is 0.328 e. The zero-order chi connectivity index (χ0) is 9.78. The van der Waals surface area contributed by atoms with Crippen LogP contribution in [0.25, 0.3) is 0 Å². The van der Waals surface area contributed by atoms with Crippen molar-refractivity contribution in [3.8, 4) is 0 Å². The number of nitrogens with one attached hydrogen (secondary N) is 1. The van der Waals surface area contributed by atoms with Gasteiger partial charge in [-0.05, 0) is 5.41 Å². The lowest BCUT2D eigenvalue weighted by Crippen LogP contribution is -2.46. The second-order valence-corrected chi connectivity index (χ2v) is 3.57. The highest BCUT2D eigenvalue weighted by Crippen LogP contribution is 2.19. The number of esters is 1. The van der Waals surface area contributed by atoms with Crippen LogP contribution >= 0.6 is 0 Å². The molecule has 69 valence electrons. The van der Waals surface area contributed by atoms with Gasteiger partial charge in [0.2, 0.25) is 0 Å². The van der Waals surface area contributed by atoms with Crippen LogP contribution in [0.3, 0.4) is 0 Å². The molecular weight excluding hydrogens is 158 g/mol. The van der Waals surface area contributed by atoms with E-state index in [4.69, 9.17) is 0 Å². The lowest BCUT2D eigenvalue weighted by atomic mass is 9.87. The van der Waals surface area contributed by atoms with E-state index in [-0.39, 0.29) is 5.41 Å². The Morgan fingerprint density at radius 1 is 1.50 bits per heavy atom. The molecule has 0 fully saturated rings. The molecular formula is C8H14NO3. The van der Waals surface area contributed by atoms with E-state index in [1.54, 1.807) is 0 Å². The number of carbonyl (C=O) groups excluding carboxylic acids is 2. The molecule has 0 aromatic heterocycles. The van der Waals surface area contributed by atoms with Gasteiger partial charge in [0, 0.05) is 0 Å². The van der Waals surface area contributed by atoms with E-state index >= 15 is 0 Å². The van der Waals surface area contributed by atoms with Gasteiger partial charge >= 0.3 is 12.4 Å². The number of rotatable bonds is 3. The summed E-state index contributed by atoms with van der Waals surface area (Å²) >= 11 is 0. The Hall–Kier alpha value is -1.06. The molecule has 0 spiro atoms. The van der Waals surface area contributed by atoms with E-state index in [0.29, 0.717) is 0 Å². The van der Waals surface area contributed by atoms with E-state index in [1.807, 2.05) is 20.8 Å². The third kappa shape index (κ3) is 2.90. The van der Waals surface area contributed by atoms with Crippen LogP contribution in [0.4, 0.5) is 0 Å². The van der Waals surface area contributed by atoms with Gasteiger partial charge in [-0.15, -0.1) is 0 Å². The summed E-state index contributed by atoms with van der Waals surface area (Å²) in [5.74, 6) is -0.453. The van der Waals surface area contributed by atoms with Gasteiger partial charge in [-0.25, -0.2) is 4.79 Å². The first-order valence-electron chi connectivity index (χ1n) is 3.64. The molecule has 0 aliphatic heterocycles. The van der Waals surface area contributed by atoms with Gasteiger partial charge in [0.05, 0.1) is 7.11 Å². The van der Waals surface area contributed by atoms with Crippen molar-refractivity contribution in [1.82, 2.24) is 5.32 Å². The fourth-order valence-corrected chi connectivity index (χ4v) is 0.806. The van der Waals surface area contributed by atoms with E-state index in [9.17, 15) is 9.59 Å². The minimum absolute atomic E-state index is 0.357. The highest BCUT2D eigenvalue weighted by molar-refractivity contribution is 5.79. The minimum atomic E-state index is -0.639. The first kappa shape index (κ1) is 10.9. The first-order chi connectivity index (χ1) is 5.43. The summed E-state index contributed by atoms with van der Waals surface area (Å²) in [6.45, 7) is 5.50. The normalized spacial score (nSPS) is 13.3. The number of carbonyl (C=O) groups is 1. The highest BCUT2D eigenvalue weighted by Gasteiger charge is 2.31. The molecule has 1 atom stereocenters. The van der Waals surface area contributed by atoms with Crippen molar-refractivity contribution in [3.63, 3.8) is 0 Å². The van der Waals surface area contributed by atoms with Crippen molar-refractivity contribution in [2.45, 2.75) is 26.8 Å². The van der Waals surface area contributed by atoms with Gasteiger partial charge in [0.1, 0.15) is 6.04 Å². The van der Waals surface area contributed by atoms with Crippen LogP contribution in [-0.2, 0) is 14.3 Å². The molecule has 1 amide bonds. The smallest absolute Gasteiger partial charge is 0.328 e. The summed E-state index contributed by atoms with van der Waals surface area (Å²) in [6, 6.07) is -0.639. The van der Waals surface area contributed by atoms with Gasteiger partial charge in [-0.2, -0.15) is 0 Å². The van der Waals surface area contributed by atoms with Gasteiger partial charge in [-0.3, -0.25) is 4.79 Å². The van der Waals surface area contributed by atoms with Gasteiger partial charge < -0.3 is 10.1 Å².